The first-order valence-corrected chi connectivity index (χ1v) is 8.04. The van der Waals surface area contributed by atoms with Crippen LogP contribution in [0.5, 0.6) is 0 Å². The Labute approximate surface area is 153 Å². The number of nitrogens with one attached hydrogen (secondary N) is 2. The molecule has 0 unspecified atom stereocenters. The number of anilines is 1. The Morgan fingerprint density at radius 1 is 1.12 bits per heavy atom. The van der Waals surface area contributed by atoms with Gasteiger partial charge in [-0.3, -0.25) is 9.59 Å². The predicted octanol–water partition coefficient (Wildman–Crippen LogP) is 1.44. The molecule has 0 radical (unpaired) electrons. The molecule has 2 amide bonds. The summed E-state index contributed by atoms with van der Waals surface area (Å²) in [5.41, 5.74) is 6.61. The standard InChI is InChI=1S/C17H16N4O4S/c1-9(14(22)21-10(2)17(24)25-3)20-15(23)16-19-8-13(26-16)11-4-6-12(18)7-5-11/h4-8H,1-2,18H2,3H3,(H,20,23)(H,21,22). The molecular formula is C17H16N4O4S. The second-order valence-electron chi connectivity index (χ2n) is 5.01. The van der Waals surface area contributed by atoms with Crippen molar-refractivity contribution in [2.75, 3.05) is 12.8 Å². The molecule has 0 spiro atoms. The van der Waals surface area contributed by atoms with E-state index in [1.807, 2.05) is 12.1 Å². The fourth-order valence-corrected chi connectivity index (χ4v) is 2.61. The summed E-state index contributed by atoms with van der Waals surface area (Å²) in [6.07, 6.45) is 1.55. The maximum Gasteiger partial charge on any atom is 0.353 e. The average Bonchev–Trinajstić information content (AvgIpc) is 3.11. The number of ether oxygens (including phenoxy) is 1. The molecule has 26 heavy (non-hydrogen) atoms. The molecule has 4 N–H and O–H groups in total. The van der Waals surface area contributed by atoms with Gasteiger partial charge in [-0.1, -0.05) is 25.3 Å². The van der Waals surface area contributed by atoms with Gasteiger partial charge in [0.25, 0.3) is 11.8 Å². The van der Waals surface area contributed by atoms with Crippen molar-refractivity contribution in [1.29, 1.82) is 0 Å². The second-order valence-corrected chi connectivity index (χ2v) is 6.04. The Hall–Kier alpha value is -3.46. The Morgan fingerprint density at radius 2 is 1.77 bits per heavy atom. The van der Waals surface area contributed by atoms with Gasteiger partial charge in [-0.05, 0) is 17.7 Å². The van der Waals surface area contributed by atoms with Crippen molar-refractivity contribution in [3.8, 4) is 10.4 Å². The van der Waals surface area contributed by atoms with Crippen LogP contribution in [0, 0.1) is 0 Å². The molecule has 1 aromatic heterocycles. The number of carbonyl (C=O) groups is 3. The molecule has 1 aromatic carbocycles. The van der Waals surface area contributed by atoms with Gasteiger partial charge in [-0.25, -0.2) is 9.78 Å². The summed E-state index contributed by atoms with van der Waals surface area (Å²) in [6.45, 7) is 6.81. The number of benzene rings is 1. The van der Waals surface area contributed by atoms with Gasteiger partial charge in [-0.15, -0.1) is 11.3 Å². The largest absolute Gasteiger partial charge is 0.464 e. The maximum atomic E-state index is 12.2. The van der Waals surface area contributed by atoms with Gasteiger partial charge in [0.15, 0.2) is 5.01 Å². The van der Waals surface area contributed by atoms with Gasteiger partial charge in [0, 0.05) is 11.9 Å². The molecule has 2 rings (SSSR count). The molecule has 134 valence electrons. The second kappa shape index (κ2) is 8.08. The minimum atomic E-state index is -0.800. The number of methoxy groups -OCH3 is 1. The van der Waals surface area contributed by atoms with Crippen LogP contribution in [0.1, 0.15) is 9.80 Å². The van der Waals surface area contributed by atoms with E-state index in [9.17, 15) is 14.4 Å². The highest BCUT2D eigenvalue weighted by atomic mass is 32.1. The fourth-order valence-electron chi connectivity index (χ4n) is 1.79. The first-order valence-electron chi connectivity index (χ1n) is 7.22. The highest BCUT2D eigenvalue weighted by molar-refractivity contribution is 7.17. The number of nitrogen functional groups attached to an aromatic ring is 1. The van der Waals surface area contributed by atoms with Crippen LogP contribution in [0.2, 0.25) is 0 Å². The van der Waals surface area contributed by atoms with Crippen molar-refractivity contribution in [1.82, 2.24) is 15.6 Å². The van der Waals surface area contributed by atoms with E-state index < -0.39 is 17.8 Å². The van der Waals surface area contributed by atoms with E-state index in [-0.39, 0.29) is 16.4 Å². The highest BCUT2D eigenvalue weighted by Gasteiger charge is 2.18. The molecule has 0 aliphatic carbocycles. The number of thiazole rings is 1. The number of rotatable bonds is 6. The topological polar surface area (TPSA) is 123 Å². The minimum absolute atomic E-state index is 0.151. The van der Waals surface area contributed by atoms with Crippen LogP contribution in [0.4, 0.5) is 5.69 Å². The van der Waals surface area contributed by atoms with Crippen molar-refractivity contribution in [2.45, 2.75) is 0 Å². The van der Waals surface area contributed by atoms with Gasteiger partial charge in [0.2, 0.25) is 0 Å². The summed E-state index contributed by atoms with van der Waals surface area (Å²) in [5.74, 6) is -2.19. The third kappa shape index (κ3) is 4.54. The molecule has 0 atom stereocenters. The molecule has 0 aliphatic rings. The SMILES string of the molecule is C=C(NC(=O)c1ncc(-c2ccc(N)cc2)s1)C(=O)NC(=C)C(=O)OC. The zero-order valence-electron chi connectivity index (χ0n) is 13.9. The van der Waals surface area contributed by atoms with Crippen LogP contribution in [0.15, 0.2) is 55.0 Å². The number of hydrogen-bond acceptors (Lipinski definition) is 7. The van der Waals surface area contributed by atoms with E-state index in [0.717, 1.165) is 28.9 Å². The van der Waals surface area contributed by atoms with Gasteiger partial charge in [0.1, 0.15) is 5.70 Å². The molecular weight excluding hydrogens is 356 g/mol. The summed E-state index contributed by atoms with van der Waals surface area (Å²) < 4.78 is 4.41. The van der Waals surface area contributed by atoms with Crippen LogP contribution >= 0.6 is 11.3 Å². The molecule has 0 saturated carbocycles. The van der Waals surface area contributed by atoms with Crippen molar-refractivity contribution in [3.05, 3.63) is 60.0 Å². The molecule has 9 heteroatoms. The predicted molar refractivity (Wildman–Crippen MR) is 97.9 cm³/mol. The lowest BCUT2D eigenvalue weighted by Gasteiger charge is -2.08. The molecule has 0 fully saturated rings. The Bertz CT molecular complexity index is 886. The molecule has 1 heterocycles. The summed E-state index contributed by atoms with van der Waals surface area (Å²) in [4.78, 5) is 40.1. The number of amides is 2. The maximum absolute atomic E-state index is 12.2. The van der Waals surface area contributed by atoms with E-state index in [1.165, 1.54) is 0 Å². The lowest BCUT2D eigenvalue weighted by molar-refractivity contribution is -0.137. The Morgan fingerprint density at radius 3 is 2.38 bits per heavy atom. The van der Waals surface area contributed by atoms with Crippen LogP contribution in [0.3, 0.4) is 0 Å². The zero-order valence-corrected chi connectivity index (χ0v) is 14.7. The molecule has 0 bridgehead atoms. The van der Waals surface area contributed by atoms with Crippen LogP contribution in [-0.2, 0) is 14.3 Å². The van der Waals surface area contributed by atoms with Crippen molar-refractivity contribution < 1.29 is 19.1 Å². The van der Waals surface area contributed by atoms with Gasteiger partial charge < -0.3 is 21.1 Å². The van der Waals surface area contributed by atoms with E-state index in [0.29, 0.717) is 5.69 Å². The quantitative estimate of drug-likeness (QED) is 0.400. The first-order chi connectivity index (χ1) is 12.3. The van der Waals surface area contributed by atoms with E-state index >= 15 is 0 Å². The van der Waals surface area contributed by atoms with Gasteiger partial charge in [0.05, 0.1) is 17.7 Å². The number of carbonyl (C=O) groups excluding carboxylic acids is 3. The monoisotopic (exact) mass is 372 g/mol. The number of aromatic nitrogens is 1. The summed E-state index contributed by atoms with van der Waals surface area (Å²) in [7, 11) is 1.15. The third-order valence-corrected chi connectivity index (χ3v) is 4.18. The van der Waals surface area contributed by atoms with Crippen molar-refractivity contribution in [2.24, 2.45) is 0 Å². The number of nitrogens with two attached hydrogens (primary N) is 1. The molecule has 0 saturated heterocycles. The molecule has 2 aromatic rings. The normalized spacial score (nSPS) is 9.88. The smallest absolute Gasteiger partial charge is 0.353 e. The first kappa shape index (κ1) is 18.9. The van der Waals surface area contributed by atoms with Crippen LogP contribution in [0.25, 0.3) is 10.4 Å². The number of esters is 1. The van der Waals surface area contributed by atoms with Crippen molar-refractivity contribution in [3.63, 3.8) is 0 Å². The van der Waals surface area contributed by atoms with Crippen LogP contribution < -0.4 is 16.4 Å². The average molecular weight is 372 g/mol. The zero-order chi connectivity index (χ0) is 19.3. The summed E-state index contributed by atoms with van der Waals surface area (Å²) >= 11 is 1.15. The van der Waals surface area contributed by atoms with Crippen molar-refractivity contribution >= 4 is 34.8 Å². The van der Waals surface area contributed by atoms with Gasteiger partial charge in [-0.2, -0.15) is 0 Å². The minimum Gasteiger partial charge on any atom is -0.464 e. The van der Waals surface area contributed by atoms with Crippen LogP contribution in [-0.4, -0.2) is 29.9 Å². The lowest BCUT2D eigenvalue weighted by Crippen LogP contribution is -2.35. The molecule has 0 aliphatic heterocycles. The highest BCUT2D eigenvalue weighted by Crippen LogP contribution is 2.26. The Kier molecular flexibility index (Phi) is 5.86. The lowest BCUT2D eigenvalue weighted by atomic mass is 10.2. The number of hydrogen-bond donors (Lipinski definition) is 3. The summed E-state index contributed by atoms with van der Waals surface area (Å²) in [5, 5.41) is 4.64. The fraction of sp³-hybridized carbons (Fsp3) is 0.0588. The Balaban J connectivity index is 2.00. The van der Waals surface area contributed by atoms with E-state index in [2.05, 4.69) is 33.5 Å². The number of nitrogens with zero attached hydrogens (tertiary/aromatic N) is 1. The third-order valence-electron chi connectivity index (χ3n) is 3.13. The van der Waals surface area contributed by atoms with Gasteiger partial charge >= 0.3 is 5.97 Å². The molecule has 8 nitrogen and oxygen atoms in total. The van der Waals surface area contributed by atoms with E-state index in [1.54, 1.807) is 18.3 Å². The summed E-state index contributed by atoms with van der Waals surface area (Å²) in [6, 6.07) is 7.12. The van der Waals surface area contributed by atoms with E-state index in [4.69, 9.17) is 5.73 Å².